The van der Waals surface area contributed by atoms with Crippen LogP contribution in [0.4, 0.5) is 5.82 Å². The second-order valence-corrected chi connectivity index (χ2v) is 4.35. The van der Waals surface area contributed by atoms with Crippen molar-refractivity contribution in [1.29, 1.82) is 0 Å². The lowest BCUT2D eigenvalue weighted by molar-refractivity contribution is 0.215. The summed E-state index contributed by atoms with van der Waals surface area (Å²) in [7, 11) is 1.83. The van der Waals surface area contributed by atoms with Crippen LogP contribution < -0.4 is 15.4 Å². The zero-order valence-electron chi connectivity index (χ0n) is 10.7. The van der Waals surface area contributed by atoms with Crippen molar-refractivity contribution in [2.24, 2.45) is 0 Å². The largest absolute Gasteiger partial charge is 0.470 e. The fourth-order valence-corrected chi connectivity index (χ4v) is 2.12. The number of para-hydroxylation sites is 2. The molecule has 1 fully saturated rings. The predicted molar refractivity (Wildman–Crippen MR) is 78.2 cm³/mol. The Hall–Kier alpha value is -1.59. The fourth-order valence-electron chi connectivity index (χ4n) is 2.12. The highest BCUT2D eigenvalue weighted by molar-refractivity contribution is 5.85. The smallest absolute Gasteiger partial charge is 0.258 e. The maximum atomic E-state index is 5.91. The Labute approximate surface area is 118 Å². The quantitative estimate of drug-likeness (QED) is 0.898. The van der Waals surface area contributed by atoms with Crippen LogP contribution in [0.25, 0.3) is 11.0 Å². The molecule has 3 rings (SSSR count). The maximum Gasteiger partial charge on any atom is 0.258 e. The number of nitrogens with zero attached hydrogens (tertiary/aromatic N) is 2. The average Bonchev–Trinajstić information content (AvgIpc) is 2.91. The number of rotatable bonds is 3. The number of nitrogens with one attached hydrogen (secondary N) is 2. The second kappa shape index (κ2) is 6.04. The molecule has 0 amide bonds. The zero-order chi connectivity index (χ0) is 12.4. The Morgan fingerprint density at radius 2 is 2.00 bits per heavy atom. The van der Waals surface area contributed by atoms with E-state index in [-0.39, 0.29) is 18.5 Å². The molecule has 0 aliphatic carbocycles. The molecule has 1 saturated heterocycles. The van der Waals surface area contributed by atoms with E-state index in [9.17, 15) is 0 Å². The molecule has 1 aliphatic rings. The van der Waals surface area contributed by atoms with Gasteiger partial charge in [0.05, 0.1) is 11.0 Å². The number of ether oxygens (including phenoxy) is 1. The monoisotopic (exact) mass is 280 g/mol. The molecule has 5 nitrogen and oxygen atoms in total. The van der Waals surface area contributed by atoms with Crippen LogP contribution in [0.1, 0.15) is 6.42 Å². The van der Waals surface area contributed by atoms with Gasteiger partial charge < -0.3 is 15.4 Å². The molecule has 19 heavy (non-hydrogen) atoms. The first-order valence-electron chi connectivity index (χ1n) is 6.19. The number of fused-ring (bicyclic) bond motifs is 1. The summed E-state index contributed by atoms with van der Waals surface area (Å²) >= 11 is 0. The van der Waals surface area contributed by atoms with Gasteiger partial charge in [-0.1, -0.05) is 12.1 Å². The van der Waals surface area contributed by atoms with Crippen molar-refractivity contribution >= 4 is 29.3 Å². The van der Waals surface area contributed by atoms with Crippen LogP contribution in [0.3, 0.4) is 0 Å². The van der Waals surface area contributed by atoms with Gasteiger partial charge in [0.2, 0.25) is 0 Å². The summed E-state index contributed by atoms with van der Waals surface area (Å²) in [5.74, 6) is 1.28. The van der Waals surface area contributed by atoms with Crippen LogP contribution in [0.5, 0.6) is 5.88 Å². The first kappa shape index (κ1) is 13.8. The Morgan fingerprint density at radius 1 is 1.26 bits per heavy atom. The van der Waals surface area contributed by atoms with E-state index >= 15 is 0 Å². The predicted octanol–water partition coefficient (Wildman–Crippen LogP) is 1.83. The molecule has 2 heterocycles. The molecular formula is C13H17ClN4O. The van der Waals surface area contributed by atoms with Crippen molar-refractivity contribution in [2.75, 3.05) is 25.5 Å². The minimum atomic E-state index is 0. The highest BCUT2D eigenvalue weighted by Crippen LogP contribution is 2.24. The lowest BCUT2D eigenvalue weighted by Gasteiger charge is -2.14. The molecule has 102 valence electrons. The molecule has 1 atom stereocenters. The number of hydrogen-bond acceptors (Lipinski definition) is 5. The van der Waals surface area contributed by atoms with Crippen molar-refractivity contribution in [3.63, 3.8) is 0 Å². The highest BCUT2D eigenvalue weighted by Gasteiger charge is 2.19. The summed E-state index contributed by atoms with van der Waals surface area (Å²) in [5, 5.41) is 6.32. The molecular weight excluding hydrogens is 264 g/mol. The van der Waals surface area contributed by atoms with Crippen LogP contribution in [-0.4, -0.2) is 36.2 Å². The summed E-state index contributed by atoms with van der Waals surface area (Å²) in [4.78, 5) is 9.05. The van der Waals surface area contributed by atoms with Crippen LogP contribution >= 0.6 is 12.4 Å². The molecule has 0 spiro atoms. The van der Waals surface area contributed by atoms with E-state index in [4.69, 9.17) is 4.74 Å². The van der Waals surface area contributed by atoms with Gasteiger partial charge in [-0.15, -0.1) is 12.4 Å². The Balaban J connectivity index is 0.00000133. The molecule has 1 aliphatic heterocycles. The first-order valence-corrected chi connectivity index (χ1v) is 6.19. The minimum absolute atomic E-state index is 0. The molecule has 1 aromatic heterocycles. The van der Waals surface area contributed by atoms with Crippen molar-refractivity contribution in [3.05, 3.63) is 24.3 Å². The van der Waals surface area contributed by atoms with Gasteiger partial charge in [-0.25, -0.2) is 9.97 Å². The van der Waals surface area contributed by atoms with Crippen molar-refractivity contribution in [3.8, 4) is 5.88 Å². The number of aromatic nitrogens is 2. The molecule has 0 saturated carbocycles. The molecule has 2 N–H and O–H groups in total. The van der Waals surface area contributed by atoms with Crippen molar-refractivity contribution in [2.45, 2.75) is 12.5 Å². The third kappa shape index (κ3) is 2.88. The molecule has 0 bridgehead atoms. The van der Waals surface area contributed by atoms with E-state index < -0.39 is 0 Å². The van der Waals surface area contributed by atoms with Gasteiger partial charge in [-0.3, -0.25) is 0 Å². The highest BCUT2D eigenvalue weighted by atomic mass is 35.5. The molecule has 6 heteroatoms. The van der Waals surface area contributed by atoms with Crippen LogP contribution in [-0.2, 0) is 0 Å². The summed E-state index contributed by atoms with van der Waals surface area (Å²) in [6, 6.07) is 7.81. The molecule has 0 radical (unpaired) electrons. The van der Waals surface area contributed by atoms with Crippen molar-refractivity contribution < 1.29 is 4.74 Å². The Morgan fingerprint density at radius 3 is 2.63 bits per heavy atom. The van der Waals surface area contributed by atoms with Gasteiger partial charge in [0.15, 0.2) is 5.82 Å². The van der Waals surface area contributed by atoms with E-state index in [1.165, 1.54) is 0 Å². The van der Waals surface area contributed by atoms with Gasteiger partial charge in [0, 0.05) is 13.6 Å². The lowest BCUT2D eigenvalue weighted by atomic mass is 10.3. The zero-order valence-corrected chi connectivity index (χ0v) is 11.5. The summed E-state index contributed by atoms with van der Waals surface area (Å²) in [5.41, 5.74) is 1.73. The minimum Gasteiger partial charge on any atom is -0.470 e. The summed E-state index contributed by atoms with van der Waals surface area (Å²) in [6.07, 6.45) is 1.20. The molecule has 0 unspecified atom stereocenters. The fraction of sp³-hybridized carbons (Fsp3) is 0.385. The molecule has 2 aromatic rings. The standard InChI is InChI=1S/C13H16N4O.ClH/c1-14-12-13(18-9-6-7-15-8-9)17-11-5-3-2-4-10(11)16-12;/h2-5,9,15H,6-8H2,1H3,(H,14,16);1H/t9-;/m1./s1. The SMILES string of the molecule is CNc1nc2ccccc2nc1O[C@@H]1CCNC1.Cl. The second-order valence-electron chi connectivity index (χ2n) is 4.35. The van der Waals surface area contributed by atoms with Gasteiger partial charge in [-0.2, -0.15) is 0 Å². The summed E-state index contributed by atoms with van der Waals surface area (Å²) < 4.78 is 5.91. The van der Waals surface area contributed by atoms with Crippen LogP contribution in [0.2, 0.25) is 0 Å². The van der Waals surface area contributed by atoms with E-state index in [0.29, 0.717) is 11.7 Å². The maximum absolute atomic E-state index is 5.91. The Bertz CT molecular complexity index is 557. The number of halogens is 1. The Kier molecular flexibility index (Phi) is 4.39. The van der Waals surface area contributed by atoms with Crippen LogP contribution in [0, 0.1) is 0 Å². The summed E-state index contributed by atoms with van der Waals surface area (Å²) in [6.45, 7) is 1.87. The topological polar surface area (TPSA) is 59.1 Å². The first-order chi connectivity index (χ1) is 8.86. The van der Waals surface area contributed by atoms with Gasteiger partial charge in [0.25, 0.3) is 5.88 Å². The number of benzene rings is 1. The van der Waals surface area contributed by atoms with E-state index in [0.717, 1.165) is 30.5 Å². The van der Waals surface area contributed by atoms with Crippen molar-refractivity contribution in [1.82, 2.24) is 15.3 Å². The van der Waals surface area contributed by atoms with Gasteiger partial charge in [0.1, 0.15) is 6.10 Å². The number of anilines is 1. The van der Waals surface area contributed by atoms with Gasteiger partial charge >= 0.3 is 0 Å². The molecule has 1 aromatic carbocycles. The van der Waals surface area contributed by atoms with Gasteiger partial charge in [-0.05, 0) is 25.1 Å². The normalized spacial score (nSPS) is 18.1. The van der Waals surface area contributed by atoms with Crippen LogP contribution in [0.15, 0.2) is 24.3 Å². The van der Waals surface area contributed by atoms with E-state index in [2.05, 4.69) is 20.6 Å². The number of hydrogen-bond donors (Lipinski definition) is 2. The average molecular weight is 281 g/mol. The third-order valence-corrected chi connectivity index (χ3v) is 3.07. The third-order valence-electron chi connectivity index (χ3n) is 3.07. The van der Waals surface area contributed by atoms with E-state index in [1.807, 2.05) is 31.3 Å². The lowest BCUT2D eigenvalue weighted by Crippen LogP contribution is -2.21. The van der Waals surface area contributed by atoms with E-state index in [1.54, 1.807) is 0 Å².